The summed E-state index contributed by atoms with van der Waals surface area (Å²) in [5.41, 5.74) is 19.8. The summed E-state index contributed by atoms with van der Waals surface area (Å²) in [5.74, 6) is 0. The minimum Gasteiger partial charge on any atom is -0.264 e. The lowest BCUT2D eigenvalue weighted by Crippen LogP contribution is -1.80. The molecule has 11 nitrogen and oxygen atoms in total. The van der Waals surface area contributed by atoms with E-state index in [2.05, 4.69) is 280 Å². The van der Waals surface area contributed by atoms with Crippen LogP contribution in [0.25, 0.3) is 119 Å². The van der Waals surface area contributed by atoms with Crippen molar-refractivity contribution >= 4 is 119 Å². The predicted molar refractivity (Wildman–Crippen MR) is 636 cm³/mol. The van der Waals surface area contributed by atoms with Crippen LogP contribution in [0.5, 0.6) is 0 Å². The summed E-state index contributed by atoms with van der Waals surface area (Å²) in [4.78, 5) is 46.2. The lowest BCUT2D eigenvalue weighted by molar-refractivity contribution is 1.22. The summed E-state index contributed by atoms with van der Waals surface area (Å²) in [7, 11) is 0. The molecule has 0 aliphatic rings. The SMILES string of the molecule is CC.CC.CC.CC.CC.CC.CC.CC.CC.CC.CC.Cc1cc2ccccc2cn1.Cc1ccc2ccccc2n1.Cc1ccc2cccnc2c1.Cc1ccc2ccncc2c1.Cc1ccc2cnccc2c1.Cc1ccc2ncccc2c1.Cc1cccc2ncccc12.Cc1ccnc2ccccc12.Cc1cnc2ccccc2c1.Cc1cncc2ccccc12.Cc1nccc2ccccc12. The fourth-order valence-electron chi connectivity index (χ4n) is 13.4. The zero-order valence-electron chi connectivity index (χ0n) is 92.5. The normalized spacial score (nSPS) is 9.15. The number of benzene rings is 11. The van der Waals surface area contributed by atoms with Crippen molar-refractivity contribution in [3.8, 4) is 0 Å². The van der Waals surface area contributed by atoms with Crippen molar-refractivity contribution in [3.63, 3.8) is 0 Å². The minimum absolute atomic E-state index is 1.07. The number of aryl methyl sites for hydroxylation is 11. The monoisotopic (exact) mass is 1900 g/mol. The largest absolute Gasteiger partial charge is 0.264 e. The Morgan fingerprint density at radius 3 is 1.11 bits per heavy atom. The molecule has 0 spiro atoms. The molecule has 0 aliphatic carbocycles. The summed E-state index contributed by atoms with van der Waals surface area (Å²) in [5, 5.41) is 19.8. The molecule has 0 amide bonds. The third-order valence-electron chi connectivity index (χ3n) is 19.8. The number of rotatable bonds is 0. The highest BCUT2D eigenvalue weighted by molar-refractivity contribution is 5.88. The molecule has 143 heavy (non-hydrogen) atoms. The van der Waals surface area contributed by atoms with Gasteiger partial charge in [0.2, 0.25) is 0 Å². The number of pyridine rings is 11. The fraction of sp³-hybridized carbons (Fsp3) is 0.250. The van der Waals surface area contributed by atoms with Gasteiger partial charge in [-0.1, -0.05) is 381 Å². The van der Waals surface area contributed by atoms with Crippen molar-refractivity contribution in [2.75, 3.05) is 0 Å². The summed E-state index contributed by atoms with van der Waals surface area (Å²) < 4.78 is 0. The molecule has 22 rings (SSSR count). The first-order valence-corrected chi connectivity index (χ1v) is 51.4. The van der Waals surface area contributed by atoms with Crippen LogP contribution in [0, 0.1) is 76.2 Å². The standard InChI is InChI=1S/11C10H9N.11C2H6/c1-8-4-2-6-10-9(8)5-3-7-11-10;1-8-2-3-10-7-11-5-4-9(10)6-8;1-8-2-3-9-4-5-11-7-10(9)6-8;1-8-4-5-10-9(7-8)3-2-6-11-10;1-8-4-5-9-3-2-6-11-10(9)7-8;1-8-6-11-7-9-4-2-3-5-10(8)9;1-8-6-9-4-2-3-5-10(9)7-11-8;1-8-6-9-4-2-3-5-10(9)11-7-8;1-8-10-5-3-2-4-9(10)6-7-11-8;1-8-6-7-11-10-5-3-2-4-9(8)10;1-8-6-7-9-4-2-3-5-10(9)11-8;11*1-2/h11*2-7H,1H3;11*1-2H3. The molecule has 0 bridgehead atoms. The first-order chi connectivity index (χ1) is 70.0. The van der Waals surface area contributed by atoms with Crippen LogP contribution in [0.1, 0.15) is 214 Å². The molecular formula is C132H165N11. The van der Waals surface area contributed by atoms with Crippen LogP contribution in [0.3, 0.4) is 0 Å². The van der Waals surface area contributed by atoms with Gasteiger partial charge in [0.1, 0.15) is 0 Å². The summed E-state index contributed by atoms with van der Waals surface area (Å²) in [6.45, 7) is 66.7. The average Bonchev–Trinajstić information content (AvgIpc) is 0.842. The Balaban J connectivity index is 0.000000771. The van der Waals surface area contributed by atoms with E-state index in [0.717, 1.165) is 50.2 Å². The van der Waals surface area contributed by atoms with Gasteiger partial charge in [-0.3, -0.25) is 54.8 Å². The molecule has 0 unspecified atom stereocenters. The van der Waals surface area contributed by atoms with Crippen molar-refractivity contribution in [1.82, 2.24) is 54.8 Å². The topological polar surface area (TPSA) is 142 Å². The van der Waals surface area contributed by atoms with E-state index in [-0.39, 0.29) is 0 Å². The van der Waals surface area contributed by atoms with Crippen molar-refractivity contribution in [1.29, 1.82) is 0 Å². The minimum atomic E-state index is 1.07. The van der Waals surface area contributed by atoms with Crippen LogP contribution in [0.4, 0.5) is 0 Å². The number of para-hydroxylation sites is 3. The van der Waals surface area contributed by atoms with Crippen molar-refractivity contribution < 1.29 is 0 Å². The highest BCUT2D eigenvalue weighted by atomic mass is 14.7. The van der Waals surface area contributed by atoms with Gasteiger partial charge in [0.05, 0.1) is 33.1 Å². The third-order valence-corrected chi connectivity index (χ3v) is 19.8. The number of aromatic nitrogens is 11. The number of hydrogen-bond acceptors (Lipinski definition) is 11. The molecule has 11 aromatic carbocycles. The Morgan fingerprint density at radius 1 is 0.147 bits per heavy atom. The first-order valence-electron chi connectivity index (χ1n) is 51.4. The molecule has 0 saturated carbocycles. The summed E-state index contributed by atoms with van der Waals surface area (Å²) in [6, 6.07) is 109. The molecule has 11 aromatic heterocycles. The van der Waals surface area contributed by atoms with Crippen LogP contribution >= 0.6 is 0 Å². The average molecular weight is 1910 g/mol. The Bertz CT molecular complexity index is 5990. The van der Waals surface area contributed by atoms with Gasteiger partial charge in [0.15, 0.2) is 0 Å². The van der Waals surface area contributed by atoms with Gasteiger partial charge in [-0.2, -0.15) is 0 Å². The summed E-state index contributed by atoms with van der Waals surface area (Å²) >= 11 is 0. The van der Waals surface area contributed by atoms with Gasteiger partial charge in [-0.05, 0) is 240 Å². The lowest BCUT2D eigenvalue weighted by Gasteiger charge is -1.98. The Hall–Kier alpha value is -15.1. The second kappa shape index (κ2) is 77.7. The van der Waals surface area contributed by atoms with E-state index in [1.165, 1.54) is 131 Å². The highest BCUT2D eigenvalue weighted by Crippen LogP contribution is 2.22. The van der Waals surface area contributed by atoms with E-state index < -0.39 is 0 Å². The van der Waals surface area contributed by atoms with Crippen LogP contribution in [0.15, 0.2) is 402 Å². The predicted octanol–water partition coefficient (Wildman–Crippen LogP) is 39.3. The van der Waals surface area contributed by atoms with Crippen LogP contribution in [0.2, 0.25) is 0 Å². The molecule has 0 N–H and O–H groups in total. The maximum atomic E-state index is 4.38. The van der Waals surface area contributed by atoms with Gasteiger partial charge in [0.25, 0.3) is 0 Å². The molecule has 0 atom stereocenters. The Kier molecular flexibility index (Phi) is 68.4. The van der Waals surface area contributed by atoms with Gasteiger partial charge >= 0.3 is 0 Å². The van der Waals surface area contributed by atoms with Gasteiger partial charge < -0.3 is 0 Å². The van der Waals surface area contributed by atoms with Crippen molar-refractivity contribution in [2.24, 2.45) is 0 Å². The zero-order chi connectivity index (χ0) is 106. The third kappa shape index (κ3) is 45.4. The lowest BCUT2D eigenvalue weighted by atomic mass is 10.1. The molecule has 0 saturated heterocycles. The van der Waals surface area contributed by atoms with Crippen LogP contribution in [-0.4, -0.2) is 54.8 Å². The van der Waals surface area contributed by atoms with Gasteiger partial charge in [-0.25, -0.2) is 0 Å². The maximum absolute atomic E-state index is 4.38. The second-order valence-electron chi connectivity index (χ2n) is 29.5. The van der Waals surface area contributed by atoms with E-state index in [1.807, 2.05) is 405 Å². The molecular weight excluding hydrogens is 1740 g/mol. The van der Waals surface area contributed by atoms with E-state index in [0.29, 0.717) is 0 Å². The first kappa shape index (κ1) is 126. The molecule has 11 heteroatoms. The quantitative estimate of drug-likeness (QED) is 0.143. The maximum Gasteiger partial charge on any atom is 0.0705 e. The van der Waals surface area contributed by atoms with E-state index in [4.69, 9.17) is 0 Å². The van der Waals surface area contributed by atoms with Gasteiger partial charge in [0, 0.05) is 157 Å². The molecule has 0 aliphatic heterocycles. The molecule has 0 fully saturated rings. The van der Waals surface area contributed by atoms with E-state index in [9.17, 15) is 0 Å². The highest BCUT2D eigenvalue weighted by Gasteiger charge is 2.02. The Morgan fingerprint density at radius 2 is 0.510 bits per heavy atom. The number of nitrogens with zero attached hydrogens (tertiary/aromatic N) is 11. The van der Waals surface area contributed by atoms with E-state index in [1.54, 1.807) is 0 Å². The van der Waals surface area contributed by atoms with Gasteiger partial charge in [-0.15, -0.1) is 0 Å². The number of hydrogen-bond donors (Lipinski definition) is 0. The number of fused-ring (bicyclic) bond motifs is 11. The van der Waals surface area contributed by atoms with Crippen molar-refractivity contribution in [2.45, 2.75) is 228 Å². The van der Waals surface area contributed by atoms with Crippen LogP contribution in [-0.2, 0) is 0 Å². The molecule has 0 radical (unpaired) electrons. The smallest absolute Gasteiger partial charge is 0.0705 e. The summed E-state index contributed by atoms with van der Waals surface area (Å²) in [6.07, 6.45) is 24.1. The molecule has 22 aromatic rings. The molecule has 11 heterocycles. The second-order valence-corrected chi connectivity index (χ2v) is 29.5. The Labute approximate surface area is 860 Å². The fourth-order valence-corrected chi connectivity index (χ4v) is 13.4. The van der Waals surface area contributed by atoms with Crippen LogP contribution < -0.4 is 0 Å². The van der Waals surface area contributed by atoms with E-state index >= 15 is 0 Å². The van der Waals surface area contributed by atoms with Crippen molar-refractivity contribution in [3.05, 3.63) is 464 Å². The zero-order valence-corrected chi connectivity index (χ0v) is 92.5. The molecule has 748 valence electrons.